The molecule has 3 aromatic rings. The topological polar surface area (TPSA) is 71.3 Å². The van der Waals surface area contributed by atoms with E-state index in [1.807, 2.05) is 6.07 Å². The maximum absolute atomic E-state index is 14.1. The summed E-state index contributed by atoms with van der Waals surface area (Å²) in [6, 6.07) is 18.7. The highest BCUT2D eigenvalue weighted by atomic mass is 79.9. The molecule has 1 amide bonds. The Labute approximate surface area is 194 Å². The van der Waals surface area contributed by atoms with Gasteiger partial charge in [0.25, 0.3) is 5.91 Å². The molecule has 5 nitrogen and oxygen atoms in total. The van der Waals surface area contributed by atoms with Crippen LogP contribution in [0.15, 0.2) is 70.7 Å². The van der Waals surface area contributed by atoms with Gasteiger partial charge < -0.3 is 14.8 Å². The first-order chi connectivity index (χ1) is 15.4. The Bertz CT molecular complexity index is 1200. The van der Waals surface area contributed by atoms with E-state index in [0.29, 0.717) is 39.2 Å². The second-order valence-electron chi connectivity index (χ2n) is 6.80. The smallest absolute Gasteiger partial charge is 0.266 e. The van der Waals surface area contributed by atoms with E-state index < -0.39 is 5.91 Å². The third kappa shape index (κ3) is 5.54. The molecule has 0 heterocycles. The summed E-state index contributed by atoms with van der Waals surface area (Å²) in [5, 5.41) is 12.2. The number of rotatable bonds is 7. The number of nitriles is 1. The Morgan fingerprint density at radius 1 is 1.12 bits per heavy atom. The summed E-state index contributed by atoms with van der Waals surface area (Å²) >= 11 is 3.51. The third-order valence-corrected chi connectivity index (χ3v) is 5.45. The van der Waals surface area contributed by atoms with Crippen LogP contribution in [-0.4, -0.2) is 20.1 Å². The van der Waals surface area contributed by atoms with Crippen LogP contribution in [0.25, 0.3) is 6.08 Å². The van der Waals surface area contributed by atoms with Crippen LogP contribution in [0.2, 0.25) is 0 Å². The first kappa shape index (κ1) is 23.0. The van der Waals surface area contributed by atoms with Crippen LogP contribution in [0.5, 0.6) is 11.5 Å². The molecule has 0 unspecified atom stereocenters. The molecule has 0 saturated heterocycles. The van der Waals surface area contributed by atoms with Crippen molar-refractivity contribution in [2.45, 2.75) is 6.42 Å². The number of carbonyl (C=O) groups is 1. The molecule has 3 aromatic carbocycles. The molecule has 0 bridgehead atoms. The predicted octanol–water partition coefficient (Wildman–Crippen LogP) is 5.74. The largest absolute Gasteiger partial charge is 0.497 e. The fraction of sp³-hybridized carbons (Fsp3) is 0.120. The van der Waals surface area contributed by atoms with E-state index in [2.05, 4.69) is 21.2 Å². The lowest BCUT2D eigenvalue weighted by atomic mass is 10.0. The molecule has 0 spiro atoms. The number of nitrogens with zero attached hydrogens (tertiary/aromatic N) is 1. The summed E-state index contributed by atoms with van der Waals surface area (Å²) < 4.78 is 25.4. The maximum atomic E-state index is 14.1. The van der Waals surface area contributed by atoms with Crippen LogP contribution >= 0.6 is 15.9 Å². The highest BCUT2D eigenvalue weighted by molar-refractivity contribution is 9.10. The minimum Gasteiger partial charge on any atom is -0.497 e. The summed E-state index contributed by atoms with van der Waals surface area (Å²) in [5.74, 6) is 0.337. The van der Waals surface area contributed by atoms with Gasteiger partial charge in [-0.3, -0.25) is 4.79 Å². The van der Waals surface area contributed by atoms with E-state index >= 15 is 0 Å². The van der Waals surface area contributed by atoms with E-state index in [9.17, 15) is 14.4 Å². The van der Waals surface area contributed by atoms with E-state index in [-0.39, 0.29) is 11.4 Å². The molecule has 0 radical (unpaired) electrons. The number of halogens is 2. The van der Waals surface area contributed by atoms with Crippen molar-refractivity contribution in [1.82, 2.24) is 0 Å². The van der Waals surface area contributed by atoms with Gasteiger partial charge in [-0.15, -0.1) is 0 Å². The second kappa shape index (κ2) is 10.6. The zero-order valence-corrected chi connectivity index (χ0v) is 19.1. The molecule has 7 heteroatoms. The average molecular weight is 495 g/mol. The van der Waals surface area contributed by atoms with Crippen LogP contribution in [0.1, 0.15) is 16.7 Å². The fourth-order valence-electron chi connectivity index (χ4n) is 3.09. The third-order valence-electron chi connectivity index (χ3n) is 4.75. The summed E-state index contributed by atoms with van der Waals surface area (Å²) in [5.41, 5.74) is 2.35. The number of methoxy groups -OCH3 is 2. The standard InChI is InChI=1S/C25H20BrFN2O3/c1-31-20-9-7-19(8-10-20)29-25(30)18(15-28)11-16-12-22(26)21(24(13-16)32-2)14-17-5-3-4-6-23(17)27/h3-13H,14H2,1-2H3,(H,29,30)/b18-11+. The van der Waals surface area contributed by atoms with Crippen LogP contribution in [0, 0.1) is 17.1 Å². The van der Waals surface area contributed by atoms with Crippen molar-refractivity contribution < 1.29 is 18.7 Å². The Morgan fingerprint density at radius 2 is 1.84 bits per heavy atom. The maximum Gasteiger partial charge on any atom is 0.266 e. The molecule has 0 fully saturated rings. The van der Waals surface area contributed by atoms with Gasteiger partial charge in [-0.2, -0.15) is 5.26 Å². The molecule has 0 aromatic heterocycles. The van der Waals surface area contributed by atoms with Crippen LogP contribution in [-0.2, 0) is 11.2 Å². The van der Waals surface area contributed by atoms with Crippen molar-refractivity contribution in [3.05, 3.63) is 93.2 Å². The van der Waals surface area contributed by atoms with Gasteiger partial charge in [0.2, 0.25) is 0 Å². The van der Waals surface area contributed by atoms with Crippen molar-refractivity contribution >= 4 is 33.6 Å². The number of hydrogen-bond acceptors (Lipinski definition) is 4. The molecule has 162 valence electrons. The average Bonchev–Trinajstić information content (AvgIpc) is 2.80. The first-order valence-corrected chi connectivity index (χ1v) is 10.4. The zero-order valence-electron chi connectivity index (χ0n) is 17.5. The molecule has 0 aliphatic heterocycles. The molecule has 0 aliphatic carbocycles. The number of nitrogens with one attached hydrogen (secondary N) is 1. The lowest BCUT2D eigenvalue weighted by molar-refractivity contribution is -0.112. The summed E-state index contributed by atoms with van der Waals surface area (Å²) in [7, 11) is 3.07. The van der Waals surface area contributed by atoms with Crippen molar-refractivity contribution in [2.24, 2.45) is 0 Å². The predicted molar refractivity (Wildman–Crippen MR) is 125 cm³/mol. The monoisotopic (exact) mass is 494 g/mol. The van der Waals surface area contributed by atoms with Crippen LogP contribution in [0.3, 0.4) is 0 Å². The van der Waals surface area contributed by atoms with E-state index in [1.165, 1.54) is 19.3 Å². The number of benzene rings is 3. The van der Waals surface area contributed by atoms with E-state index in [1.54, 1.807) is 61.7 Å². The second-order valence-corrected chi connectivity index (χ2v) is 7.66. The number of anilines is 1. The quantitative estimate of drug-likeness (QED) is 0.335. The Morgan fingerprint density at radius 3 is 2.47 bits per heavy atom. The van der Waals surface area contributed by atoms with Gasteiger partial charge in [-0.1, -0.05) is 34.1 Å². The number of carbonyl (C=O) groups excluding carboxylic acids is 1. The number of amides is 1. The number of ether oxygens (including phenoxy) is 2. The summed E-state index contributed by atoms with van der Waals surface area (Å²) in [6.45, 7) is 0. The fourth-order valence-corrected chi connectivity index (χ4v) is 3.69. The molecular formula is C25H20BrFN2O3. The zero-order chi connectivity index (χ0) is 23.1. The minimum atomic E-state index is -0.539. The minimum absolute atomic E-state index is 0.0726. The van der Waals surface area contributed by atoms with Gasteiger partial charge in [0.15, 0.2) is 0 Å². The van der Waals surface area contributed by atoms with Gasteiger partial charge in [0.05, 0.1) is 14.2 Å². The number of hydrogen-bond donors (Lipinski definition) is 1. The van der Waals surface area contributed by atoms with Gasteiger partial charge in [-0.05, 0) is 59.7 Å². The molecule has 32 heavy (non-hydrogen) atoms. The lowest BCUT2D eigenvalue weighted by Gasteiger charge is -2.13. The Balaban J connectivity index is 1.87. The van der Waals surface area contributed by atoms with E-state index in [0.717, 1.165) is 5.56 Å². The summed E-state index contributed by atoms with van der Waals surface area (Å²) in [4.78, 5) is 12.6. The highest BCUT2D eigenvalue weighted by Crippen LogP contribution is 2.32. The van der Waals surface area contributed by atoms with Gasteiger partial charge in [-0.25, -0.2) is 4.39 Å². The molecule has 0 saturated carbocycles. The highest BCUT2D eigenvalue weighted by Gasteiger charge is 2.15. The molecule has 0 aliphatic rings. The van der Waals surface area contributed by atoms with Crippen molar-refractivity contribution in [3.63, 3.8) is 0 Å². The molecule has 0 atom stereocenters. The Kier molecular flexibility index (Phi) is 7.63. The molecule has 3 rings (SSSR count). The summed E-state index contributed by atoms with van der Waals surface area (Å²) in [6.07, 6.45) is 1.79. The van der Waals surface area contributed by atoms with Gasteiger partial charge >= 0.3 is 0 Å². The lowest BCUT2D eigenvalue weighted by Crippen LogP contribution is -2.13. The van der Waals surface area contributed by atoms with E-state index in [4.69, 9.17) is 9.47 Å². The van der Waals surface area contributed by atoms with Gasteiger partial charge in [0, 0.05) is 22.1 Å². The van der Waals surface area contributed by atoms with Crippen LogP contribution in [0.4, 0.5) is 10.1 Å². The normalized spacial score (nSPS) is 10.9. The van der Waals surface area contributed by atoms with Crippen molar-refractivity contribution in [3.8, 4) is 17.6 Å². The van der Waals surface area contributed by atoms with Crippen molar-refractivity contribution in [2.75, 3.05) is 19.5 Å². The van der Waals surface area contributed by atoms with Gasteiger partial charge in [0.1, 0.15) is 29.0 Å². The molecular weight excluding hydrogens is 475 g/mol. The molecule has 1 N–H and O–H groups in total. The Hall–Kier alpha value is -3.63. The first-order valence-electron chi connectivity index (χ1n) is 9.62. The SMILES string of the molecule is COc1ccc(NC(=O)/C(C#N)=C/c2cc(Br)c(Cc3ccccc3F)c(OC)c2)cc1. The van der Waals surface area contributed by atoms with Crippen molar-refractivity contribution in [1.29, 1.82) is 5.26 Å². The van der Waals surface area contributed by atoms with Crippen LogP contribution < -0.4 is 14.8 Å².